The fourth-order valence-electron chi connectivity index (χ4n) is 1.56. The standard InChI is InChI=1S/C13H24N2O4P6/c1-7-4-8(14-10(16)18-5-12(20,21)22)2-3-9(7)15-11(17)19-6-13(23,24)25/h2-4H,5-6,20-25H2,1H3,(H,14,16)(H,15,17). The molecule has 6 nitrogen and oxygen atoms in total. The van der Waals surface area contributed by atoms with Crippen molar-refractivity contribution in [3.8, 4) is 0 Å². The number of ether oxygens (including phenoxy) is 2. The topological polar surface area (TPSA) is 76.7 Å². The molecule has 0 heterocycles. The minimum atomic E-state index is -0.547. The second kappa shape index (κ2) is 10.0. The van der Waals surface area contributed by atoms with Crippen LogP contribution in [0.5, 0.6) is 0 Å². The predicted octanol–water partition coefficient (Wildman–Crippen LogP) is 3.65. The van der Waals surface area contributed by atoms with Crippen molar-refractivity contribution in [2.75, 3.05) is 23.8 Å². The minimum absolute atomic E-state index is 0.214. The monoisotopic (exact) mass is 458 g/mol. The van der Waals surface area contributed by atoms with E-state index in [0.717, 1.165) is 5.56 Å². The maximum atomic E-state index is 11.8. The van der Waals surface area contributed by atoms with Crippen molar-refractivity contribution in [2.45, 2.75) is 16.2 Å². The van der Waals surface area contributed by atoms with Gasteiger partial charge in [-0.2, -0.15) is 0 Å². The summed E-state index contributed by atoms with van der Waals surface area (Å²) in [5, 5.41) is 5.31. The van der Waals surface area contributed by atoms with E-state index in [1.54, 1.807) is 18.2 Å². The molecule has 0 aliphatic carbocycles. The molecule has 140 valence electrons. The molecule has 0 fully saturated rings. The summed E-state index contributed by atoms with van der Waals surface area (Å²) in [5.41, 5.74) is 1.95. The van der Waals surface area contributed by atoms with Gasteiger partial charge in [0.05, 0.1) is 0 Å². The van der Waals surface area contributed by atoms with Crippen LogP contribution in [-0.4, -0.2) is 34.7 Å². The van der Waals surface area contributed by atoms with Gasteiger partial charge in [-0.25, -0.2) is 9.59 Å². The van der Waals surface area contributed by atoms with E-state index in [4.69, 9.17) is 9.47 Å². The number of aryl methyl sites for hydroxylation is 1. The van der Waals surface area contributed by atoms with Gasteiger partial charge in [-0.05, 0) is 30.7 Å². The second-order valence-electron chi connectivity index (χ2n) is 5.66. The molecule has 0 aliphatic heterocycles. The number of carbonyl (C=O) groups excluding carboxylic acids is 2. The Morgan fingerprint density at radius 1 is 0.920 bits per heavy atom. The molecule has 6 unspecified atom stereocenters. The highest BCUT2D eigenvalue weighted by molar-refractivity contribution is 7.58. The molecule has 1 rings (SSSR count). The lowest BCUT2D eigenvalue weighted by molar-refractivity contribution is 0.164. The van der Waals surface area contributed by atoms with Crippen molar-refractivity contribution in [3.05, 3.63) is 23.8 Å². The lowest BCUT2D eigenvalue weighted by Crippen LogP contribution is -2.21. The summed E-state index contributed by atoms with van der Waals surface area (Å²) in [4.78, 5) is 23.6. The zero-order chi connectivity index (χ0) is 19.3. The average molecular weight is 458 g/mol. The molecule has 25 heavy (non-hydrogen) atoms. The van der Waals surface area contributed by atoms with E-state index in [9.17, 15) is 9.59 Å². The van der Waals surface area contributed by atoms with Crippen molar-refractivity contribution in [3.63, 3.8) is 0 Å². The van der Waals surface area contributed by atoms with E-state index in [1.807, 2.05) is 6.92 Å². The van der Waals surface area contributed by atoms with Crippen molar-refractivity contribution >= 4 is 79.0 Å². The van der Waals surface area contributed by atoms with E-state index >= 15 is 0 Å². The fourth-order valence-corrected chi connectivity index (χ4v) is 2.06. The highest BCUT2D eigenvalue weighted by atomic mass is 31.1. The van der Waals surface area contributed by atoms with Crippen LogP contribution in [0.4, 0.5) is 21.0 Å². The molecular weight excluding hydrogens is 434 g/mol. The number of amides is 2. The van der Waals surface area contributed by atoms with Gasteiger partial charge >= 0.3 is 12.2 Å². The van der Waals surface area contributed by atoms with Gasteiger partial charge in [-0.1, -0.05) is 0 Å². The van der Waals surface area contributed by atoms with Crippen LogP contribution in [0.1, 0.15) is 5.56 Å². The first-order chi connectivity index (χ1) is 11.4. The molecule has 12 heteroatoms. The van der Waals surface area contributed by atoms with Crippen molar-refractivity contribution in [2.24, 2.45) is 0 Å². The largest absolute Gasteiger partial charge is 0.448 e. The number of anilines is 2. The molecule has 1 aromatic carbocycles. The third-order valence-corrected chi connectivity index (χ3v) is 3.62. The van der Waals surface area contributed by atoms with E-state index < -0.39 is 12.2 Å². The van der Waals surface area contributed by atoms with Crippen molar-refractivity contribution in [1.82, 2.24) is 0 Å². The molecule has 2 N–H and O–H groups in total. The molecule has 0 aliphatic rings. The van der Waals surface area contributed by atoms with Gasteiger partial charge in [-0.3, -0.25) is 10.6 Å². The highest BCUT2D eigenvalue weighted by Crippen LogP contribution is 2.35. The van der Waals surface area contributed by atoms with Crippen LogP contribution in [-0.2, 0) is 9.47 Å². The first-order valence-corrected chi connectivity index (χ1v) is 10.5. The number of hydrogen-bond donors (Lipinski definition) is 2. The van der Waals surface area contributed by atoms with Crippen LogP contribution in [0.15, 0.2) is 18.2 Å². The second-order valence-corrected chi connectivity index (χ2v) is 16.1. The third kappa shape index (κ3) is 10.9. The number of benzene rings is 1. The van der Waals surface area contributed by atoms with E-state index in [-0.39, 0.29) is 22.5 Å². The molecule has 0 bridgehead atoms. The normalized spacial score (nSPS) is 11.6. The summed E-state index contributed by atoms with van der Waals surface area (Å²) in [7, 11) is 15.2. The lowest BCUT2D eigenvalue weighted by atomic mass is 10.2. The van der Waals surface area contributed by atoms with Crippen LogP contribution >= 0.6 is 55.4 Å². The van der Waals surface area contributed by atoms with Crippen LogP contribution in [0.3, 0.4) is 0 Å². The molecular formula is C13H24N2O4P6. The minimum Gasteiger partial charge on any atom is -0.448 e. The first-order valence-electron chi connectivity index (χ1n) is 7.07. The van der Waals surface area contributed by atoms with Gasteiger partial charge < -0.3 is 9.47 Å². The SMILES string of the molecule is Cc1cc(NC(=O)OCC(P)(P)P)ccc1NC(=O)OCC(P)(P)P. The van der Waals surface area contributed by atoms with Gasteiger partial charge in [0, 0.05) is 20.7 Å². The Morgan fingerprint density at radius 3 is 1.84 bits per heavy atom. The van der Waals surface area contributed by atoms with E-state index in [0.29, 0.717) is 11.4 Å². The summed E-state index contributed by atoms with van der Waals surface area (Å²) in [6.45, 7) is 2.24. The predicted molar refractivity (Wildman–Crippen MR) is 125 cm³/mol. The van der Waals surface area contributed by atoms with Gasteiger partial charge in [-0.15, -0.1) is 55.4 Å². The molecule has 0 saturated heterocycles. The summed E-state index contributed by atoms with van der Waals surface area (Å²) in [5.74, 6) is 0. The Labute approximate surface area is 162 Å². The first kappa shape index (κ1) is 23.4. The lowest BCUT2D eigenvalue weighted by Gasteiger charge is -2.18. The maximum absolute atomic E-state index is 11.8. The molecule has 1 aromatic rings. The summed E-state index contributed by atoms with van der Waals surface area (Å²) < 4.78 is 9.53. The summed E-state index contributed by atoms with van der Waals surface area (Å²) in [6, 6.07) is 5.09. The highest BCUT2D eigenvalue weighted by Gasteiger charge is 2.16. The zero-order valence-corrected chi connectivity index (χ0v) is 20.7. The maximum Gasteiger partial charge on any atom is 0.411 e. The Balaban J connectivity index is 2.59. The van der Waals surface area contributed by atoms with Gasteiger partial charge in [0.1, 0.15) is 13.2 Å². The fraction of sp³-hybridized carbons (Fsp3) is 0.385. The Bertz CT molecular complexity index is 630. The number of hydrogen-bond acceptors (Lipinski definition) is 4. The van der Waals surface area contributed by atoms with Crippen LogP contribution < -0.4 is 10.6 Å². The number of carbonyl (C=O) groups is 2. The Hall–Kier alpha value is 0.340. The number of nitrogens with one attached hydrogen (secondary N) is 2. The molecule has 0 aromatic heterocycles. The molecule has 0 saturated carbocycles. The Morgan fingerprint density at radius 2 is 1.40 bits per heavy atom. The van der Waals surface area contributed by atoms with E-state index in [1.165, 1.54) is 0 Å². The summed E-state index contributed by atoms with van der Waals surface area (Å²) in [6.07, 6.45) is -1.09. The van der Waals surface area contributed by atoms with Gasteiger partial charge in [0.25, 0.3) is 0 Å². The molecule has 0 spiro atoms. The van der Waals surface area contributed by atoms with Gasteiger partial charge in [0.15, 0.2) is 0 Å². The zero-order valence-electron chi connectivity index (χ0n) is 13.7. The summed E-state index contributed by atoms with van der Waals surface area (Å²) >= 11 is 0. The number of rotatable bonds is 6. The van der Waals surface area contributed by atoms with Gasteiger partial charge in [0.2, 0.25) is 0 Å². The van der Waals surface area contributed by atoms with Crippen LogP contribution in [0.25, 0.3) is 0 Å². The third-order valence-electron chi connectivity index (χ3n) is 2.62. The smallest absolute Gasteiger partial charge is 0.411 e. The molecule has 0 radical (unpaired) electrons. The van der Waals surface area contributed by atoms with Crippen LogP contribution in [0, 0.1) is 6.92 Å². The van der Waals surface area contributed by atoms with Crippen molar-refractivity contribution < 1.29 is 19.1 Å². The van der Waals surface area contributed by atoms with E-state index in [2.05, 4.69) is 66.1 Å². The Kier molecular flexibility index (Phi) is 9.39. The quantitative estimate of drug-likeness (QED) is 0.639. The van der Waals surface area contributed by atoms with Crippen LogP contribution in [0.2, 0.25) is 0 Å². The van der Waals surface area contributed by atoms with Crippen molar-refractivity contribution in [1.29, 1.82) is 0 Å². The molecule has 2 amide bonds. The average Bonchev–Trinajstić information content (AvgIpc) is 2.44. The molecule has 6 atom stereocenters.